The van der Waals surface area contributed by atoms with Crippen LogP contribution in [0.4, 0.5) is 0 Å². The zero-order valence-electron chi connectivity index (χ0n) is 16.5. The van der Waals surface area contributed by atoms with Crippen LogP contribution in [0.2, 0.25) is 5.02 Å². The van der Waals surface area contributed by atoms with E-state index >= 15 is 0 Å². The van der Waals surface area contributed by atoms with Crippen LogP contribution >= 0.6 is 11.6 Å². The molecule has 1 unspecified atom stereocenters. The average Bonchev–Trinajstić information content (AvgIpc) is 3.20. The summed E-state index contributed by atoms with van der Waals surface area (Å²) in [6.45, 7) is 3.19. The molecular weight excluding hydrogens is 412 g/mol. The van der Waals surface area contributed by atoms with Gasteiger partial charge in [0.15, 0.2) is 17.6 Å². The van der Waals surface area contributed by atoms with E-state index in [0.29, 0.717) is 22.2 Å². The SMILES string of the molecule is C/C(=N\OCC(=O)OC(C)C(=O)NCc1ccccc1Cl)c1ccc2c(c1)OCO2. The van der Waals surface area contributed by atoms with E-state index in [9.17, 15) is 9.59 Å². The van der Waals surface area contributed by atoms with Crippen molar-refractivity contribution in [2.24, 2.45) is 5.16 Å². The topological polar surface area (TPSA) is 95.5 Å². The number of benzene rings is 2. The van der Waals surface area contributed by atoms with Gasteiger partial charge in [-0.05, 0) is 43.7 Å². The summed E-state index contributed by atoms with van der Waals surface area (Å²) in [5.41, 5.74) is 2.08. The van der Waals surface area contributed by atoms with Crippen LogP contribution in [0.5, 0.6) is 11.5 Å². The maximum Gasteiger partial charge on any atom is 0.347 e. The first-order chi connectivity index (χ1) is 14.4. The Morgan fingerprint density at radius 3 is 2.77 bits per heavy atom. The molecule has 0 radical (unpaired) electrons. The fourth-order valence-corrected chi connectivity index (χ4v) is 2.81. The summed E-state index contributed by atoms with van der Waals surface area (Å²) >= 11 is 6.05. The molecule has 158 valence electrons. The van der Waals surface area contributed by atoms with Crippen LogP contribution in [-0.2, 0) is 25.7 Å². The zero-order valence-corrected chi connectivity index (χ0v) is 17.3. The molecule has 8 nitrogen and oxygen atoms in total. The van der Waals surface area contributed by atoms with Crippen LogP contribution < -0.4 is 14.8 Å². The van der Waals surface area contributed by atoms with Crippen molar-refractivity contribution < 1.29 is 28.6 Å². The number of rotatable bonds is 8. The number of nitrogens with zero attached hydrogens (tertiary/aromatic N) is 1. The maximum atomic E-state index is 12.1. The van der Waals surface area contributed by atoms with E-state index in [1.807, 2.05) is 6.07 Å². The zero-order chi connectivity index (χ0) is 21.5. The van der Waals surface area contributed by atoms with E-state index in [0.717, 1.165) is 11.1 Å². The minimum absolute atomic E-state index is 0.182. The quantitative estimate of drug-likeness (QED) is 0.391. The van der Waals surface area contributed by atoms with E-state index < -0.39 is 24.6 Å². The number of oxime groups is 1. The normalized spacial score (nSPS) is 13.5. The van der Waals surface area contributed by atoms with Crippen molar-refractivity contribution in [1.82, 2.24) is 5.32 Å². The summed E-state index contributed by atoms with van der Waals surface area (Å²) < 4.78 is 15.6. The number of fused-ring (bicyclic) bond motifs is 1. The summed E-state index contributed by atoms with van der Waals surface area (Å²) in [4.78, 5) is 29.1. The first kappa shape index (κ1) is 21.4. The van der Waals surface area contributed by atoms with E-state index in [4.69, 9.17) is 30.6 Å². The summed E-state index contributed by atoms with van der Waals surface area (Å²) in [7, 11) is 0. The van der Waals surface area contributed by atoms with Crippen molar-refractivity contribution >= 4 is 29.2 Å². The van der Waals surface area contributed by atoms with Crippen molar-refractivity contribution in [2.45, 2.75) is 26.5 Å². The van der Waals surface area contributed by atoms with Gasteiger partial charge < -0.3 is 24.4 Å². The third-order valence-corrected chi connectivity index (χ3v) is 4.63. The highest BCUT2D eigenvalue weighted by Gasteiger charge is 2.18. The second kappa shape index (κ2) is 9.98. The van der Waals surface area contributed by atoms with E-state index in [-0.39, 0.29) is 13.3 Å². The molecule has 0 saturated carbocycles. The number of ether oxygens (including phenoxy) is 3. The Balaban J connectivity index is 1.42. The minimum atomic E-state index is -0.984. The van der Waals surface area contributed by atoms with Crippen molar-refractivity contribution in [3.8, 4) is 11.5 Å². The second-order valence-electron chi connectivity index (χ2n) is 6.46. The van der Waals surface area contributed by atoms with Gasteiger partial charge in [0, 0.05) is 17.1 Å². The van der Waals surface area contributed by atoms with Gasteiger partial charge in [0.05, 0.1) is 5.71 Å². The summed E-state index contributed by atoms with van der Waals surface area (Å²) in [5, 5.41) is 7.12. The Labute approximate surface area is 178 Å². The molecule has 0 spiro atoms. The lowest BCUT2D eigenvalue weighted by molar-refractivity contribution is -0.159. The fourth-order valence-electron chi connectivity index (χ4n) is 2.61. The van der Waals surface area contributed by atoms with Crippen LogP contribution in [0, 0.1) is 0 Å². The molecule has 2 aromatic rings. The summed E-state index contributed by atoms with van der Waals surface area (Å²) in [6, 6.07) is 12.5. The minimum Gasteiger partial charge on any atom is -0.454 e. The number of nitrogens with one attached hydrogen (secondary N) is 1. The molecule has 1 amide bonds. The van der Waals surface area contributed by atoms with Crippen molar-refractivity contribution in [1.29, 1.82) is 0 Å². The van der Waals surface area contributed by atoms with E-state index in [1.165, 1.54) is 6.92 Å². The third-order valence-electron chi connectivity index (χ3n) is 4.26. The van der Waals surface area contributed by atoms with E-state index in [1.54, 1.807) is 43.3 Å². The van der Waals surface area contributed by atoms with E-state index in [2.05, 4.69) is 10.5 Å². The van der Waals surface area contributed by atoms with Gasteiger partial charge in [0.1, 0.15) is 0 Å². The van der Waals surface area contributed by atoms with Gasteiger partial charge in [0.2, 0.25) is 13.4 Å². The van der Waals surface area contributed by atoms with Crippen LogP contribution in [0.25, 0.3) is 0 Å². The number of hydrogen-bond donors (Lipinski definition) is 1. The number of hydrogen-bond acceptors (Lipinski definition) is 7. The first-order valence-electron chi connectivity index (χ1n) is 9.21. The second-order valence-corrected chi connectivity index (χ2v) is 6.87. The molecule has 0 aliphatic carbocycles. The molecule has 0 fully saturated rings. The van der Waals surface area contributed by atoms with Crippen LogP contribution in [0.3, 0.4) is 0 Å². The monoisotopic (exact) mass is 432 g/mol. The predicted octanol–water partition coefficient (Wildman–Crippen LogP) is 3.06. The van der Waals surface area contributed by atoms with Gasteiger partial charge in [-0.2, -0.15) is 0 Å². The Hall–Kier alpha value is -3.26. The Morgan fingerprint density at radius 2 is 1.97 bits per heavy atom. The Bertz CT molecular complexity index is 962. The fraction of sp³-hybridized carbons (Fsp3) is 0.286. The standard InChI is InChI=1S/C21H21ClN2O6/c1-13(15-7-8-18-19(9-15)28-12-27-18)24-29-11-20(25)30-14(2)21(26)23-10-16-5-3-4-6-17(16)22/h3-9,14H,10-12H2,1-2H3,(H,23,26)/b24-13+. The molecule has 1 aliphatic heterocycles. The molecule has 0 aromatic heterocycles. The molecule has 1 heterocycles. The maximum absolute atomic E-state index is 12.1. The first-order valence-corrected chi connectivity index (χ1v) is 9.59. The molecule has 0 bridgehead atoms. The number of esters is 1. The lowest BCUT2D eigenvalue weighted by Gasteiger charge is -2.13. The number of amides is 1. The van der Waals surface area contributed by atoms with Gasteiger partial charge in [-0.3, -0.25) is 4.79 Å². The van der Waals surface area contributed by atoms with Gasteiger partial charge >= 0.3 is 5.97 Å². The molecule has 9 heteroatoms. The summed E-state index contributed by atoms with van der Waals surface area (Å²) in [5.74, 6) is 0.136. The molecular formula is C21H21ClN2O6. The van der Waals surface area contributed by atoms with Crippen LogP contribution in [0.1, 0.15) is 25.0 Å². The van der Waals surface area contributed by atoms with Crippen molar-refractivity contribution in [3.05, 3.63) is 58.6 Å². The largest absolute Gasteiger partial charge is 0.454 e. The molecule has 1 aliphatic rings. The molecule has 1 N–H and O–H groups in total. The van der Waals surface area contributed by atoms with Crippen LogP contribution in [0.15, 0.2) is 47.6 Å². The predicted molar refractivity (Wildman–Crippen MR) is 110 cm³/mol. The molecule has 0 saturated heterocycles. The number of carbonyl (C=O) groups excluding carboxylic acids is 2. The summed E-state index contributed by atoms with van der Waals surface area (Å²) in [6.07, 6.45) is -0.984. The molecule has 3 rings (SSSR count). The Kier molecular flexibility index (Phi) is 7.13. The van der Waals surface area contributed by atoms with Gasteiger partial charge in [-0.25, -0.2) is 4.79 Å². The molecule has 1 atom stereocenters. The van der Waals surface area contributed by atoms with Crippen molar-refractivity contribution in [2.75, 3.05) is 13.4 Å². The number of carbonyl (C=O) groups is 2. The highest BCUT2D eigenvalue weighted by molar-refractivity contribution is 6.31. The van der Waals surface area contributed by atoms with Gasteiger partial charge in [0.25, 0.3) is 5.91 Å². The highest BCUT2D eigenvalue weighted by atomic mass is 35.5. The highest BCUT2D eigenvalue weighted by Crippen LogP contribution is 2.32. The number of halogens is 1. The Morgan fingerprint density at radius 1 is 1.20 bits per heavy atom. The average molecular weight is 433 g/mol. The lowest BCUT2D eigenvalue weighted by Crippen LogP contribution is -2.36. The third kappa shape index (κ3) is 5.64. The van der Waals surface area contributed by atoms with Gasteiger partial charge in [-0.1, -0.05) is 35.0 Å². The smallest absolute Gasteiger partial charge is 0.347 e. The molecule has 2 aromatic carbocycles. The van der Waals surface area contributed by atoms with Crippen molar-refractivity contribution in [3.63, 3.8) is 0 Å². The van der Waals surface area contributed by atoms with Crippen LogP contribution in [-0.4, -0.2) is 37.1 Å². The van der Waals surface area contributed by atoms with Gasteiger partial charge in [-0.15, -0.1) is 0 Å². The molecule has 30 heavy (non-hydrogen) atoms. The lowest BCUT2D eigenvalue weighted by atomic mass is 10.1.